The molecule has 0 aliphatic carbocycles. The zero-order valence-corrected chi connectivity index (χ0v) is 8.03. The highest BCUT2D eigenvalue weighted by Crippen LogP contribution is 2.04. The van der Waals surface area contributed by atoms with Crippen LogP contribution in [0.1, 0.15) is 32.1 Å². The summed E-state index contributed by atoms with van der Waals surface area (Å²) in [6.45, 7) is 0. The molecule has 0 saturated heterocycles. The Morgan fingerprint density at radius 3 is 2.43 bits per heavy atom. The number of hydroxylamine groups is 1. The van der Waals surface area contributed by atoms with Gasteiger partial charge < -0.3 is 11.5 Å². The molecule has 0 aromatic heterocycles. The first-order chi connectivity index (χ1) is 6.57. The Morgan fingerprint density at radius 1 is 1.29 bits per heavy atom. The lowest BCUT2D eigenvalue weighted by Crippen LogP contribution is -2.38. The van der Waals surface area contributed by atoms with Crippen molar-refractivity contribution in [2.24, 2.45) is 11.5 Å². The van der Waals surface area contributed by atoms with Crippen LogP contribution in [0.25, 0.3) is 0 Å². The highest BCUT2D eigenvalue weighted by atomic mass is 16.5. The smallest absolute Gasteiger partial charge is 0.260 e. The van der Waals surface area contributed by atoms with Crippen molar-refractivity contribution in [3.8, 4) is 0 Å². The number of nitrogens with one attached hydrogen (secondary N) is 1. The molecular formula is C8H17N3O3. The van der Waals surface area contributed by atoms with Gasteiger partial charge in [0.15, 0.2) is 0 Å². The van der Waals surface area contributed by atoms with Crippen LogP contribution in [0.4, 0.5) is 0 Å². The molecule has 0 aromatic rings. The molecule has 1 atom stereocenters. The summed E-state index contributed by atoms with van der Waals surface area (Å²) in [6.07, 6.45) is 3.10. The SMILES string of the molecule is NC(=O)CCCCCC(N)C(=O)NO. The van der Waals surface area contributed by atoms with Gasteiger partial charge in [-0.1, -0.05) is 12.8 Å². The van der Waals surface area contributed by atoms with Crippen LogP contribution in [-0.2, 0) is 9.59 Å². The molecule has 0 rings (SSSR count). The van der Waals surface area contributed by atoms with E-state index < -0.39 is 11.9 Å². The molecular weight excluding hydrogens is 186 g/mol. The number of hydrogen-bond acceptors (Lipinski definition) is 4. The molecule has 0 fully saturated rings. The number of carbonyl (C=O) groups is 2. The van der Waals surface area contributed by atoms with Gasteiger partial charge in [0.05, 0.1) is 6.04 Å². The van der Waals surface area contributed by atoms with Gasteiger partial charge in [0.1, 0.15) is 0 Å². The van der Waals surface area contributed by atoms with Gasteiger partial charge >= 0.3 is 0 Å². The highest BCUT2D eigenvalue weighted by molar-refractivity contribution is 5.80. The van der Waals surface area contributed by atoms with Crippen molar-refractivity contribution in [3.05, 3.63) is 0 Å². The van der Waals surface area contributed by atoms with Gasteiger partial charge in [-0.3, -0.25) is 14.8 Å². The highest BCUT2D eigenvalue weighted by Gasteiger charge is 2.11. The molecule has 0 heterocycles. The van der Waals surface area contributed by atoms with Crippen molar-refractivity contribution < 1.29 is 14.8 Å². The van der Waals surface area contributed by atoms with Gasteiger partial charge in [0.25, 0.3) is 5.91 Å². The second-order valence-electron chi connectivity index (χ2n) is 3.15. The lowest BCUT2D eigenvalue weighted by Gasteiger charge is -2.07. The minimum absolute atomic E-state index is 0.317. The fourth-order valence-electron chi connectivity index (χ4n) is 1.05. The van der Waals surface area contributed by atoms with Crippen LogP contribution in [0.15, 0.2) is 0 Å². The Morgan fingerprint density at radius 2 is 1.93 bits per heavy atom. The number of rotatable bonds is 7. The molecule has 82 valence electrons. The van der Waals surface area contributed by atoms with Crippen molar-refractivity contribution in [2.45, 2.75) is 38.1 Å². The van der Waals surface area contributed by atoms with E-state index in [4.69, 9.17) is 16.7 Å². The molecule has 0 aliphatic heterocycles. The molecule has 2 amide bonds. The summed E-state index contributed by atoms with van der Waals surface area (Å²) in [7, 11) is 0. The van der Waals surface area contributed by atoms with E-state index in [0.717, 1.165) is 12.8 Å². The lowest BCUT2D eigenvalue weighted by atomic mass is 10.1. The van der Waals surface area contributed by atoms with E-state index in [1.165, 1.54) is 5.48 Å². The molecule has 6 nitrogen and oxygen atoms in total. The van der Waals surface area contributed by atoms with E-state index in [1.807, 2.05) is 0 Å². The van der Waals surface area contributed by atoms with Crippen LogP contribution in [0.2, 0.25) is 0 Å². The Hall–Kier alpha value is -1.14. The summed E-state index contributed by atoms with van der Waals surface area (Å²) in [4.78, 5) is 21.1. The molecule has 0 saturated carbocycles. The second-order valence-corrected chi connectivity index (χ2v) is 3.15. The minimum Gasteiger partial charge on any atom is -0.370 e. The maximum Gasteiger partial charge on any atom is 0.260 e. The number of unbranched alkanes of at least 4 members (excludes halogenated alkanes) is 2. The standard InChI is InChI=1S/C8H17N3O3/c9-6(8(13)11-14)4-2-1-3-5-7(10)12/h6,14H,1-5,9H2,(H2,10,12)(H,11,13). The average Bonchev–Trinajstić information content (AvgIpc) is 2.15. The second kappa shape index (κ2) is 7.28. The summed E-state index contributed by atoms with van der Waals surface area (Å²) < 4.78 is 0. The molecule has 0 radical (unpaired) electrons. The number of hydrogen-bond donors (Lipinski definition) is 4. The average molecular weight is 203 g/mol. The zero-order valence-electron chi connectivity index (χ0n) is 8.03. The van der Waals surface area contributed by atoms with Gasteiger partial charge in [-0.25, -0.2) is 5.48 Å². The first-order valence-corrected chi connectivity index (χ1v) is 4.55. The van der Waals surface area contributed by atoms with E-state index >= 15 is 0 Å². The molecule has 0 aliphatic rings. The summed E-state index contributed by atoms with van der Waals surface area (Å²) in [5, 5.41) is 8.24. The van der Waals surface area contributed by atoms with Gasteiger partial charge in [-0.2, -0.15) is 0 Å². The van der Waals surface area contributed by atoms with Crippen LogP contribution in [0.5, 0.6) is 0 Å². The maximum absolute atomic E-state index is 10.7. The first-order valence-electron chi connectivity index (χ1n) is 4.55. The Bertz CT molecular complexity index is 196. The largest absolute Gasteiger partial charge is 0.370 e. The van der Waals surface area contributed by atoms with Gasteiger partial charge in [0, 0.05) is 6.42 Å². The van der Waals surface area contributed by atoms with Crippen molar-refractivity contribution in [1.29, 1.82) is 0 Å². The molecule has 0 aromatic carbocycles. The third-order valence-electron chi connectivity index (χ3n) is 1.89. The summed E-state index contributed by atoms with van der Waals surface area (Å²) in [6, 6.07) is -0.687. The zero-order chi connectivity index (χ0) is 11.0. The molecule has 0 bridgehead atoms. The number of carbonyl (C=O) groups excluding carboxylic acids is 2. The Labute approximate surface area is 82.6 Å². The van der Waals surface area contributed by atoms with E-state index in [2.05, 4.69) is 0 Å². The fourth-order valence-corrected chi connectivity index (χ4v) is 1.05. The molecule has 14 heavy (non-hydrogen) atoms. The van der Waals surface area contributed by atoms with E-state index in [9.17, 15) is 9.59 Å². The van der Waals surface area contributed by atoms with E-state index in [0.29, 0.717) is 19.3 Å². The predicted molar refractivity (Wildman–Crippen MR) is 50.2 cm³/mol. The van der Waals surface area contributed by atoms with Gasteiger partial charge in [-0.15, -0.1) is 0 Å². The van der Waals surface area contributed by atoms with Crippen LogP contribution < -0.4 is 16.9 Å². The molecule has 1 unspecified atom stereocenters. The third kappa shape index (κ3) is 6.38. The van der Waals surface area contributed by atoms with Crippen molar-refractivity contribution in [3.63, 3.8) is 0 Å². The molecule has 0 spiro atoms. The quantitative estimate of drug-likeness (QED) is 0.247. The van der Waals surface area contributed by atoms with Crippen molar-refractivity contribution >= 4 is 11.8 Å². The number of nitrogens with two attached hydrogens (primary N) is 2. The van der Waals surface area contributed by atoms with E-state index in [1.54, 1.807) is 0 Å². The monoisotopic (exact) mass is 203 g/mol. The topological polar surface area (TPSA) is 118 Å². The first kappa shape index (κ1) is 12.9. The normalized spacial score (nSPS) is 12.1. The number of primary amides is 1. The summed E-state index contributed by atoms with van der Waals surface area (Å²) in [5.74, 6) is -0.901. The Kier molecular flexibility index (Phi) is 6.69. The molecule has 6 heteroatoms. The Balaban J connectivity index is 3.36. The van der Waals surface area contributed by atoms with Gasteiger partial charge in [-0.05, 0) is 12.8 Å². The van der Waals surface area contributed by atoms with E-state index in [-0.39, 0.29) is 5.91 Å². The maximum atomic E-state index is 10.7. The van der Waals surface area contributed by atoms with Crippen LogP contribution in [0, 0.1) is 0 Å². The predicted octanol–water partition coefficient (Wildman–Crippen LogP) is -0.745. The molecule has 6 N–H and O–H groups in total. The van der Waals surface area contributed by atoms with Crippen molar-refractivity contribution in [2.75, 3.05) is 0 Å². The van der Waals surface area contributed by atoms with Crippen molar-refractivity contribution in [1.82, 2.24) is 5.48 Å². The van der Waals surface area contributed by atoms with Crippen LogP contribution in [-0.4, -0.2) is 23.1 Å². The summed E-state index contributed by atoms with van der Waals surface area (Å²) in [5.41, 5.74) is 11.8. The minimum atomic E-state index is -0.687. The lowest BCUT2D eigenvalue weighted by molar-refractivity contribution is -0.130. The van der Waals surface area contributed by atoms with Crippen LogP contribution >= 0.6 is 0 Å². The third-order valence-corrected chi connectivity index (χ3v) is 1.89. The van der Waals surface area contributed by atoms with Crippen LogP contribution in [0.3, 0.4) is 0 Å². The number of amides is 2. The fraction of sp³-hybridized carbons (Fsp3) is 0.750. The summed E-state index contributed by atoms with van der Waals surface area (Å²) >= 11 is 0. The van der Waals surface area contributed by atoms with Gasteiger partial charge in [0.2, 0.25) is 5.91 Å².